The molecule has 4 aromatic rings. The van der Waals surface area contributed by atoms with E-state index in [1.54, 1.807) is 24.3 Å². The lowest BCUT2D eigenvalue weighted by molar-refractivity contribution is -0.129. The predicted octanol–water partition coefficient (Wildman–Crippen LogP) is 8.24. The number of unbranched alkanes of at least 4 members (excludes halogenated alkanes) is 2. The molecule has 0 aliphatic carbocycles. The molecular formula is C30H29N5O3S2. The molecule has 1 aliphatic heterocycles. The number of thiazole rings is 1. The van der Waals surface area contributed by atoms with Crippen LogP contribution in [0.25, 0.3) is 15.6 Å². The number of benzene rings is 2. The molecule has 3 heterocycles. The Morgan fingerprint density at radius 2 is 1.95 bits per heavy atom. The van der Waals surface area contributed by atoms with E-state index in [9.17, 15) is 10.1 Å². The minimum atomic E-state index is -0.713. The number of esters is 1. The average molecular weight is 572 g/mol. The van der Waals surface area contributed by atoms with Crippen LogP contribution in [0.3, 0.4) is 0 Å². The first-order valence-corrected chi connectivity index (χ1v) is 14.9. The normalized spacial score (nSPS) is 13.4. The van der Waals surface area contributed by atoms with Crippen molar-refractivity contribution in [3.63, 3.8) is 0 Å². The quantitative estimate of drug-likeness (QED) is 0.0474. The monoisotopic (exact) mass is 571 g/mol. The Bertz CT molecular complexity index is 1570. The second-order valence-electron chi connectivity index (χ2n) is 9.44. The summed E-state index contributed by atoms with van der Waals surface area (Å²) >= 11 is 2.79. The molecule has 0 bridgehead atoms. The van der Waals surface area contributed by atoms with Crippen molar-refractivity contribution in [1.29, 1.82) is 5.26 Å². The molecule has 0 spiro atoms. The van der Waals surface area contributed by atoms with Crippen LogP contribution in [0.5, 0.6) is 11.5 Å². The van der Waals surface area contributed by atoms with Gasteiger partial charge in [-0.2, -0.15) is 5.26 Å². The van der Waals surface area contributed by atoms with Crippen LogP contribution in [0.2, 0.25) is 0 Å². The van der Waals surface area contributed by atoms with E-state index in [-0.39, 0.29) is 5.57 Å². The molecule has 0 saturated heterocycles. The zero-order valence-corrected chi connectivity index (χ0v) is 24.1. The molecule has 0 saturated carbocycles. The van der Waals surface area contributed by atoms with Crippen LogP contribution >= 0.6 is 22.7 Å². The number of carbonyl (C=O) groups is 1. The van der Waals surface area contributed by atoms with Crippen LogP contribution in [0, 0.1) is 11.3 Å². The van der Waals surface area contributed by atoms with E-state index in [4.69, 9.17) is 9.47 Å². The maximum Gasteiger partial charge on any atom is 0.354 e. The van der Waals surface area contributed by atoms with E-state index >= 15 is 0 Å². The van der Waals surface area contributed by atoms with Crippen molar-refractivity contribution >= 4 is 60.8 Å². The van der Waals surface area contributed by atoms with E-state index in [0.29, 0.717) is 23.2 Å². The fourth-order valence-corrected chi connectivity index (χ4v) is 6.36. The molecule has 0 N–H and O–H groups in total. The van der Waals surface area contributed by atoms with Gasteiger partial charge in [-0.25, -0.2) is 9.78 Å². The van der Waals surface area contributed by atoms with Crippen LogP contribution in [0.4, 0.5) is 16.5 Å². The van der Waals surface area contributed by atoms with Crippen LogP contribution in [-0.4, -0.2) is 31.2 Å². The molecule has 2 aromatic carbocycles. The van der Waals surface area contributed by atoms with Gasteiger partial charge in [-0.05, 0) is 79.4 Å². The smallest absolute Gasteiger partial charge is 0.354 e. The molecule has 40 heavy (non-hydrogen) atoms. The Morgan fingerprint density at radius 1 is 1.12 bits per heavy atom. The number of thiophene rings is 1. The fourth-order valence-electron chi connectivity index (χ4n) is 4.38. The van der Waals surface area contributed by atoms with E-state index in [1.807, 2.05) is 18.2 Å². The number of nitrogens with zero attached hydrogens (tertiary/aromatic N) is 5. The maximum absolute atomic E-state index is 12.6. The molecule has 2 aromatic heterocycles. The fraction of sp³-hybridized carbons (Fsp3) is 0.300. The molecule has 0 radical (unpaired) electrons. The summed E-state index contributed by atoms with van der Waals surface area (Å²) < 4.78 is 12.0. The van der Waals surface area contributed by atoms with Gasteiger partial charge in [-0.15, -0.1) is 21.6 Å². The number of hydrogen-bond donors (Lipinski definition) is 0. The van der Waals surface area contributed by atoms with Crippen LogP contribution < -0.4 is 14.4 Å². The molecule has 0 unspecified atom stereocenters. The molecule has 0 atom stereocenters. The first-order valence-electron chi connectivity index (χ1n) is 13.3. The standard InChI is InChI=1S/C30H29N5O3S2/c1-3-4-5-15-37-23-9-11-24(12-10-23)38-29(36)21(19-31)17-25-18-27-28(39-25)32-30(40-27)34-33-22-8-13-26-20(16-22)7-6-14-35(26)2/h8-13,16-18H,3-7,14-15H2,1-2H3/b21-17+,34-33?. The van der Waals surface area contributed by atoms with Crippen LogP contribution in [0.15, 0.2) is 64.3 Å². The highest BCUT2D eigenvalue weighted by molar-refractivity contribution is 7.29. The zero-order valence-electron chi connectivity index (χ0n) is 22.4. The molecule has 1 aliphatic rings. The van der Waals surface area contributed by atoms with Gasteiger partial charge in [0.1, 0.15) is 28.0 Å². The average Bonchev–Trinajstić information content (AvgIpc) is 3.52. The summed E-state index contributed by atoms with van der Waals surface area (Å²) in [6.07, 6.45) is 6.96. The van der Waals surface area contributed by atoms with Crippen molar-refractivity contribution in [2.45, 2.75) is 39.0 Å². The summed E-state index contributed by atoms with van der Waals surface area (Å²) in [6, 6.07) is 16.8. The Morgan fingerprint density at radius 3 is 2.73 bits per heavy atom. The topological polar surface area (TPSA) is 100 Å². The number of rotatable bonds is 10. The van der Waals surface area contributed by atoms with Gasteiger partial charge < -0.3 is 14.4 Å². The van der Waals surface area contributed by atoms with Gasteiger partial charge in [0.05, 0.1) is 17.0 Å². The summed E-state index contributed by atoms with van der Waals surface area (Å²) in [5.74, 6) is 0.351. The summed E-state index contributed by atoms with van der Waals surface area (Å²) in [5.41, 5.74) is 3.26. The Kier molecular flexibility index (Phi) is 8.84. The number of aromatic nitrogens is 1. The van der Waals surface area contributed by atoms with Crippen LogP contribution in [0.1, 0.15) is 43.0 Å². The van der Waals surface area contributed by atoms with Gasteiger partial charge in [-0.3, -0.25) is 0 Å². The number of anilines is 1. The number of ether oxygens (including phenoxy) is 2. The number of nitriles is 1. The van der Waals surface area contributed by atoms with Crippen molar-refractivity contribution in [3.8, 4) is 17.6 Å². The number of hydrogen-bond acceptors (Lipinski definition) is 10. The minimum absolute atomic E-state index is 0.0910. The largest absolute Gasteiger partial charge is 0.494 e. The number of fused-ring (bicyclic) bond motifs is 2. The maximum atomic E-state index is 12.6. The lowest BCUT2D eigenvalue weighted by Crippen LogP contribution is -2.24. The lowest BCUT2D eigenvalue weighted by atomic mass is 10.0. The van der Waals surface area contributed by atoms with Crippen molar-refractivity contribution in [1.82, 2.24) is 4.98 Å². The zero-order chi connectivity index (χ0) is 27.9. The van der Waals surface area contributed by atoms with Gasteiger partial charge in [0.2, 0.25) is 5.13 Å². The van der Waals surface area contributed by atoms with E-state index in [2.05, 4.69) is 46.2 Å². The third kappa shape index (κ3) is 6.73. The molecule has 0 amide bonds. The number of carbonyl (C=O) groups excluding carboxylic acids is 1. The highest BCUT2D eigenvalue weighted by atomic mass is 32.1. The Hall–Kier alpha value is -4.07. The highest BCUT2D eigenvalue weighted by Gasteiger charge is 2.16. The highest BCUT2D eigenvalue weighted by Crippen LogP contribution is 2.36. The summed E-state index contributed by atoms with van der Waals surface area (Å²) in [5, 5.41) is 18.9. The second kappa shape index (κ2) is 12.9. The molecular weight excluding hydrogens is 542 g/mol. The molecule has 5 rings (SSSR count). The van der Waals surface area contributed by atoms with E-state index in [1.165, 1.54) is 40.0 Å². The van der Waals surface area contributed by atoms with Crippen molar-refractivity contribution in [3.05, 3.63) is 64.5 Å². The summed E-state index contributed by atoms with van der Waals surface area (Å²) in [4.78, 5) is 21.0. The lowest BCUT2D eigenvalue weighted by Gasteiger charge is -2.27. The Labute approximate surface area is 241 Å². The van der Waals surface area contributed by atoms with E-state index < -0.39 is 5.97 Å². The van der Waals surface area contributed by atoms with Gasteiger partial charge in [0, 0.05) is 24.2 Å². The molecule has 0 fully saturated rings. The third-order valence-corrected chi connectivity index (χ3v) is 8.43. The van der Waals surface area contributed by atoms with Gasteiger partial charge in [-0.1, -0.05) is 31.1 Å². The van der Waals surface area contributed by atoms with E-state index in [0.717, 1.165) is 58.7 Å². The number of aryl methyl sites for hydroxylation is 1. The first-order chi connectivity index (χ1) is 19.5. The minimum Gasteiger partial charge on any atom is -0.494 e. The third-order valence-electron chi connectivity index (χ3n) is 6.44. The van der Waals surface area contributed by atoms with Crippen LogP contribution in [-0.2, 0) is 11.2 Å². The molecule has 204 valence electrons. The second-order valence-corrected chi connectivity index (χ2v) is 11.5. The predicted molar refractivity (Wildman–Crippen MR) is 160 cm³/mol. The van der Waals surface area contributed by atoms with Crippen molar-refractivity contribution in [2.75, 3.05) is 25.1 Å². The SMILES string of the molecule is CCCCCOc1ccc(OC(=O)/C(C#N)=C/c2cc3sc(N=Nc4ccc5c(c4)CCCN5C)nc3s2)cc1. The Balaban J connectivity index is 1.21. The molecule has 10 heteroatoms. The molecule has 8 nitrogen and oxygen atoms in total. The first kappa shape index (κ1) is 27.5. The summed E-state index contributed by atoms with van der Waals surface area (Å²) in [6.45, 7) is 3.87. The van der Waals surface area contributed by atoms with Crippen molar-refractivity contribution < 1.29 is 14.3 Å². The summed E-state index contributed by atoms with van der Waals surface area (Å²) in [7, 11) is 2.11. The van der Waals surface area contributed by atoms with Gasteiger partial charge >= 0.3 is 5.97 Å². The number of azo groups is 1. The van der Waals surface area contributed by atoms with Gasteiger partial charge in [0.15, 0.2) is 0 Å². The van der Waals surface area contributed by atoms with Crippen molar-refractivity contribution in [2.24, 2.45) is 10.2 Å². The van der Waals surface area contributed by atoms with Gasteiger partial charge in [0.25, 0.3) is 0 Å².